The largest absolute Gasteiger partial charge is 0.354 e. The first-order valence-electron chi connectivity index (χ1n) is 9.74. The number of hydrogen-bond donors (Lipinski definition) is 2. The van der Waals surface area contributed by atoms with Gasteiger partial charge in [-0.25, -0.2) is 13.5 Å². The van der Waals surface area contributed by atoms with E-state index in [1.54, 1.807) is 29.1 Å². The number of aryl methyl sites for hydroxylation is 1. The molecule has 0 amide bonds. The van der Waals surface area contributed by atoms with Crippen molar-refractivity contribution in [1.82, 2.24) is 14.3 Å². The fraction of sp³-hybridized carbons (Fsp3) is 0.0417. The molecule has 0 aliphatic heterocycles. The zero-order valence-electron chi connectivity index (χ0n) is 17.1. The Labute approximate surface area is 182 Å². The Morgan fingerprint density at radius 2 is 1.78 bits per heavy atom. The molecular formula is C24H19F2N5O. The predicted octanol–water partition coefficient (Wildman–Crippen LogP) is 4.71. The van der Waals surface area contributed by atoms with Gasteiger partial charge >= 0.3 is 0 Å². The second-order valence-corrected chi connectivity index (χ2v) is 7.04. The van der Waals surface area contributed by atoms with Gasteiger partial charge in [-0.1, -0.05) is 18.2 Å². The summed E-state index contributed by atoms with van der Waals surface area (Å²) in [5.41, 5.74) is 3.06. The molecule has 0 atom stereocenters. The molecule has 4 rings (SSSR count). The molecule has 4 aromatic rings. The van der Waals surface area contributed by atoms with Crippen LogP contribution >= 0.6 is 0 Å². The van der Waals surface area contributed by atoms with E-state index in [4.69, 9.17) is 5.41 Å². The minimum Gasteiger partial charge on any atom is -0.354 e. The minimum absolute atomic E-state index is 0.151. The Morgan fingerprint density at radius 1 is 1.06 bits per heavy atom. The molecule has 0 bridgehead atoms. The lowest BCUT2D eigenvalue weighted by molar-refractivity contribution is 0.516. The Bertz CT molecular complexity index is 1350. The number of hydrogen-bond acceptors (Lipinski definition) is 4. The molecule has 0 aliphatic rings. The molecule has 2 aromatic carbocycles. The number of allylic oxidation sites excluding steroid dienone is 1. The van der Waals surface area contributed by atoms with E-state index < -0.39 is 11.6 Å². The van der Waals surface area contributed by atoms with Crippen LogP contribution < -0.4 is 10.7 Å². The third kappa shape index (κ3) is 4.24. The number of nitrogens with one attached hydrogen (secondary N) is 2. The van der Waals surface area contributed by atoms with Gasteiger partial charge in [0.05, 0.1) is 11.4 Å². The summed E-state index contributed by atoms with van der Waals surface area (Å²) in [6, 6.07) is 15.9. The van der Waals surface area contributed by atoms with Gasteiger partial charge in [-0.15, -0.1) is 0 Å². The maximum absolute atomic E-state index is 13.4. The van der Waals surface area contributed by atoms with Gasteiger partial charge in [0.15, 0.2) is 17.3 Å². The van der Waals surface area contributed by atoms with Crippen LogP contribution in [-0.4, -0.2) is 20.6 Å². The van der Waals surface area contributed by atoms with Crippen LogP contribution in [0, 0.1) is 24.0 Å². The first kappa shape index (κ1) is 20.9. The van der Waals surface area contributed by atoms with E-state index in [-0.39, 0.29) is 11.1 Å². The van der Waals surface area contributed by atoms with Gasteiger partial charge in [-0.05, 0) is 48.9 Å². The zero-order valence-corrected chi connectivity index (χ0v) is 17.1. The van der Waals surface area contributed by atoms with E-state index in [9.17, 15) is 13.6 Å². The maximum Gasteiger partial charge on any atom is 0.209 e. The summed E-state index contributed by atoms with van der Waals surface area (Å²) in [6.45, 7) is 1.84. The van der Waals surface area contributed by atoms with Crippen LogP contribution in [0.3, 0.4) is 0 Å². The number of aromatic nitrogens is 3. The molecule has 0 spiro atoms. The van der Waals surface area contributed by atoms with E-state index in [0.717, 1.165) is 29.9 Å². The number of benzene rings is 2. The van der Waals surface area contributed by atoms with Crippen LogP contribution in [0.5, 0.6) is 0 Å². The second kappa shape index (κ2) is 8.81. The van der Waals surface area contributed by atoms with Crippen molar-refractivity contribution in [3.05, 3.63) is 112 Å². The topological polar surface area (TPSA) is 75.7 Å². The van der Waals surface area contributed by atoms with Gasteiger partial charge in [0.25, 0.3) is 0 Å². The van der Waals surface area contributed by atoms with E-state index in [1.165, 1.54) is 16.7 Å². The van der Waals surface area contributed by atoms with Crippen LogP contribution in [0.15, 0.2) is 84.1 Å². The number of halogens is 2. The van der Waals surface area contributed by atoms with Crippen molar-refractivity contribution in [1.29, 1.82) is 5.41 Å². The monoisotopic (exact) mass is 431 g/mol. The highest BCUT2D eigenvalue weighted by Gasteiger charge is 2.12. The third-order valence-electron chi connectivity index (χ3n) is 4.82. The number of para-hydroxylation sites is 1. The molecule has 0 fully saturated rings. The first-order chi connectivity index (χ1) is 15.5. The minimum atomic E-state index is -0.921. The molecule has 6 nitrogen and oxygen atoms in total. The highest BCUT2D eigenvalue weighted by molar-refractivity contribution is 5.86. The first-order valence-corrected chi connectivity index (χ1v) is 9.74. The highest BCUT2D eigenvalue weighted by atomic mass is 19.2. The Balaban J connectivity index is 1.72. The van der Waals surface area contributed by atoms with Gasteiger partial charge in [0, 0.05) is 42.2 Å². The molecule has 0 saturated heterocycles. The summed E-state index contributed by atoms with van der Waals surface area (Å²) in [5, 5.41) is 15.1. The second-order valence-electron chi connectivity index (χ2n) is 7.04. The molecule has 0 saturated carbocycles. The number of anilines is 1. The van der Waals surface area contributed by atoms with Crippen molar-refractivity contribution in [2.75, 3.05) is 5.32 Å². The normalized spacial score (nSPS) is 11.4. The average Bonchev–Trinajstić information content (AvgIpc) is 3.13. The van der Waals surface area contributed by atoms with E-state index in [0.29, 0.717) is 17.1 Å². The molecular weight excluding hydrogens is 412 g/mol. The predicted molar refractivity (Wildman–Crippen MR) is 121 cm³/mol. The molecule has 8 heteroatoms. The van der Waals surface area contributed by atoms with Crippen molar-refractivity contribution >= 4 is 17.6 Å². The van der Waals surface area contributed by atoms with Crippen molar-refractivity contribution in [3.63, 3.8) is 0 Å². The van der Waals surface area contributed by atoms with Crippen LogP contribution in [0.1, 0.15) is 11.3 Å². The maximum atomic E-state index is 13.4. The molecule has 2 N–H and O–H groups in total. The highest BCUT2D eigenvalue weighted by Crippen LogP contribution is 2.20. The summed E-state index contributed by atoms with van der Waals surface area (Å²) in [4.78, 5) is 12.6. The summed E-state index contributed by atoms with van der Waals surface area (Å²) in [6.07, 6.45) is 6.24. The summed E-state index contributed by atoms with van der Waals surface area (Å²) in [7, 11) is 0. The van der Waals surface area contributed by atoms with Crippen LogP contribution in [-0.2, 0) is 0 Å². The average molecular weight is 431 g/mol. The van der Waals surface area contributed by atoms with Gasteiger partial charge < -0.3 is 15.3 Å². The summed E-state index contributed by atoms with van der Waals surface area (Å²) >= 11 is 0. The van der Waals surface area contributed by atoms with E-state index in [2.05, 4.69) is 10.4 Å². The quantitative estimate of drug-likeness (QED) is 0.434. The number of rotatable bonds is 6. The van der Waals surface area contributed by atoms with Gasteiger partial charge in [0.1, 0.15) is 0 Å². The van der Waals surface area contributed by atoms with E-state index >= 15 is 0 Å². The zero-order chi connectivity index (χ0) is 22.7. The fourth-order valence-corrected chi connectivity index (χ4v) is 3.28. The summed E-state index contributed by atoms with van der Waals surface area (Å²) in [5.74, 6) is -1.84. The lowest BCUT2D eigenvalue weighted by Gasteiger charge is -2.14. The van der Waals surface area contributed by atoms with Crippen molar-refractivity contribution in [2.45, 2.75) is 6.92 Å². The van der Waals surface area contributed by atoms with Crippen molar-refractivity contribution in [2.24, 2.45) is 0 Å². The van der Waals surface area contributed by atoms with E-state index in [1.807, 2.05) is 37.3 Å². The molecule has 160 valence electrons. The van der Waals surface area contributed by atoms with Gasteiger partial charge in [0.2, 0.25) is 5.43 Å². The Morgan fingerprint density at radius 3 is 2.44 bits per heavy atom. The molecule has 0 unspecified atom stereocenters. The third-order valence-corrected chi connectivity index (χ3v) is 4.82. The Hall–Kier alpha value is -4.33. The summed E-state index contributed by atoms with van der Waals surface area (Å²) < 4.78 is 29.7. The fourth-order valence-electron chi connectivity index (χ4n) is 3.28. The molecule has 0 radical (unpaired) electrons. The van der Waals surface area contributed by atoms with Crippen molar-refractivity contribution in [3.8, 4) is 11.4 Å². The molecule has 0 aliphatic carbocycles. The molecule has 2 aromatic heterocycles. The van der Waals surface area contributed by atoms with Crippen LogP contribution in [0.4, 0.5) is 14.5 Å². The van der Waals surface area contributed by atoms with Crippen LogP contribution in [0.25, 0.3) is 17.1 Å². The smallest absolute Gasteiger partial charge is 0.209 e. The van der Waals surface area contributed by atoms with Crippen molar-refractivity contribution < 1.29 is 8.78 Å². The number of nitrogens with zero attached hydrogens (tertiary/aromatic N) is 3. The Kier molecular flexibility index (Phi) is 5.76. The standard InChI is InChI=1S/C24H19F2N5O/c1-16-13-18(30-14-19(25)20(26)15-30)7-8-22(16)31-12-10-23(32)24(29-31)21(9-11-27)28-17-5-3-2-4-6-17/h2-15,27-28H,1H3/b21-9-,27-11?. The van der Waals surface area contributed by atoms with Crippen LogP contribution in [0.2, 0.25) is 0 Å². The lowest BCUT2D eigenvalue weighted by atomic mass is 10.1. The van der Waals surface area contributed by atoms with Gasteiger partial charge in [-0.3, -0.25) is 4.79 Å². The molecule has 2 heterocycles. The molecule has 32 heavy (non-hydrogen) atoms. The SMILES string of the molecule is Cc1cc(-n2cc(F)c(F)c2)ccc1-n1ccc(=O)c(/C(=C/C=N)Nc2ccccc2)n1. The van der Waals surface area contributed by atoms with Gasteiger partial charge in [-0.2, -0.15) is 5.10 Å². The lowest BCUT2D eigenvalue weighted by Crippen LogP contribution is -2.18.